The molecule has 158 valence electrons. The molecule has 9 heteroatoms. The molecule has 0 aliphatic carbocycles. The third-order valence-corrected chi connectivity index (χ3v) is 5.86. The maximum absolute atomic E-state index is 14.2. The van der Waals surface area contributed by atoms with Crippen LogP contribution < -0.4 is 15.8 Å². The van der Waals surface area contributed by atoms with Crippen molar-refractivity contribution in [3.8, 4) is 5.75 Å². The molecule has 2 aromatic rings. The monoisotopic (exact) mass is 432 g/mol. The molecule has 0 saturated carbocycles. The summed E-state index contributed by atoms with van der Waals surface area (Å²) in [6, 6.07) is 11.1. The summed E-state index contributed by atoms with van der Waals surface area (Å²) in [4.78, 5) is 17.8. The predicted molar refractivity (Wildman–Crippen MR) is 113 cm³/mol. The van der Waals surface area contributed by atoms with Crippen LogP contribution >= 0.6 is 11.6 Å². The molecule has 1 spiro atoms. The molecule has 2 heterocycles. The smallest absolute Gasteiger partial charge is 0.407 e. The van der Waals surface area contributed by atoms with Gasteiger partial charge < -0.3 is 25.8 Å². The summed E-state index contributed by atoms with van der Waals surface area (Å²) in [5.41, 5.74) is 6.06. The highest BCUT2D eigenvalue weighted by Gasteiger charge is 2.46. The zero-order chi connectivity index (χ0) is 21.5. The molecular formula is C21H22ClFN4O3. The molecule has 0 radical (unpaired) electrons. The molecule has 2 aromatic carbocycles. The molecule has 1 saturated heterocycles. The van der Waals surface area contributed by atoms with Crippen molar-refractivity contribution < 1.29 is 19.0 Å². The van der Waals surface area contributed by atoms with Gasteiger partial charge in [-0.2, -0.15) is 0 Å². The van der Waals surface area contributed by atoms with E-state index >= 15 is 0 Å². The number of halogens is 2. The van der Waals surface area contributed by atoms with E-state index in [1.165, 1.54) is 11.0 Å². The van der Waals surface area contributed by atoms with Crippen LogP contribution in [0.2, 0.25) is 5.02 Å². The van der Waals surface area contributed by atoms with E-state index in [9.17, 15) is 14.3 Å². The Morgan fingerprint density at radius 1 is 1.40 bits per heavy atom. The van der Waals surface area contributed by atoms with Crippen LogP contribution in [-0.2, 0) is 0 Å². The number of rotatable bonds is 3. The Bertz CT molecular complexity index is 1000. The number of carboxylic acid groups (broad SMARTS) is 1. The van der Waals surface area contributed by atoms with E-state index in [-0.39, 0.29) is 17.9 Å². The van der Waals surface area contributed by atoms with Gasteiger partial charge in [0.15, 0.2) is 0 Å². The number of hydrogen-bond donors (Lipinski definition) is 3. The van der Waals surface area contributed by atoms with Crippen molar-refractivity contribution >= 4 is 29.2 Å². The van der Waals surface area contributed by atoms with Crippen molar-refractivity contribution in [2.45, 2.75) is 37.6 Å². The van der Waals surface area contributed by atoms with Gasteiger partial charge in [0.1, 0.15) is 29.2 Å². The standard InChI is InChI=1S/C21H22ClFN4O3/c1-12(30-14-7-5-13(22)6-8-14)17-11-21(9-10-27(17)20(28)29)25-16-4-2-3-15(23)18(16)19(24)26-21/h2-8,12,17,25H,9-11H2,1H3,(H2,24,26)(H,28,29). The summed E-state index contributed by atoms with van der Waals surface area (Å²) in [6.07, 6.45) is -0.766. The van der Waals surface area contributed by atoms with Crippen LogP contribution in [0.3, 0.4) is 0 Å². The van der Waals surface area contributed by atoms with Crippen molar-refractivity contribution in [1.82, 2.24) is 4.90 Å². The normalized spacial score (nSPS) is 23.9. The fourth-order valence-electron chi connectivity index (χ4n) is 4.16. The Kier molecular flexibility index (Phi) is 5.19. The van der Waals surface area contributed by atoms with Crippen LogP contribution in [0.5, 0.6) is 5.75 Å². The minimum atomic E-state index is -1.03. The number of piperidine rings is 1. The second kappa shape index (κ2) is 7.68. The Hall–Kier alpha value is -3.00. The average Bonchev–Trinajstić information content (AvgIpc) is 2.69. The van der Waals surface area contributed by atoms with Gasteiger partial charge in [0.05, 0.1) is 11.6 Å². The molecule has 0 aromatic heterocycles. The number of carbonyl (C=O) groups is 1. The van der Waals surface area contributed by atoms with Gasteiger partial charge >= 0.3 is 6.09 Å². The first kappa shape index (κ1) is 20.3. The Balaban J connectivity index is 1.62. The number of amidine groups is 1. The van der Waals surface area contributed by atoms with Crippen molar-refractivity contribution in [3.05, 3.63) is 58.9 Å². The van der Waals surface area contributed by atoms with Crippen molar-refractivity contribution in [2.75, 3.05) is 11.9 Å². The fourth-order valence-corrected chi connectivity index (χ4v) is 4.29. The first-order valence-corrected chi connectivity index (χ1v) is 10.00. The highest BCUT2D eigenvalue weighted by atomic mass is 35.5. The number of ether oxygens (including phenoxy) is 1. The average molecular weight is 433 g/mol. The summed E-state index contributed by atoms with van der Waals surface area (Å²) >= 11 is 5.92. The zero-order valence-electron chi connectivity index (χ0n) is 16.3. The Morgan fingerprint density at radius 2 is 2.13 bits per heavy atom. The lowest BCUT2D eigenvalue weighted by atomic mass is 9.86. The lowest BCUT2D eigenvalue weighted by Crippen LogP contribution is -2.60. The number of fused-ring (bicyclic) bond motifs is 1. The van der Waals surface area contributed by atoms with Crippen LogP contribution in [0.25, 0.3) is 0 Å². The molecule has 4 rings (SSSR count). The SMILES string of the molecule is CC(Oc1ccc(Cl)cc1)C1CC2(CCN1C(=O)O)N=C(N)c1c(F)cccc1N2. The van der Waals surface area contributed by atoms with Gasteiger partial charge in [0, 0.05) is 30.1 Å². The van der Waals surface area contributed by atoms with Crippen molar-refractivity contribution in [2.24, 2.45) is 10.7 Å². The molecule has 30 heavy (non-hydrogen) atoms. The highest BCUT2D eigenvalue weighted by Crippen LogP contribution is 2.38. The Morgan fingerprint density at radius 3 is 2.83 bits per heavy atom. The molecule has 3 atom stereocenters. The van der Waals surface area contributed by atoms with Crippen molar-refractivity contribution in [3.63, 3.8) is 0 Å². The number of aliphatic imine (C=N–C) groups is 1. The van der Waals surface area contributed by atoms with Crippen LogP contribution in [0.1, 0.15) is 25.3 Å². The first-order chi connectivity index (χ1) is 14.3. The molecule has 7 nitrogen and oxygen atoms in total. The van der Waals surface area contributed by atoms with Crippen molar-refractivity contribution in [1.29, 1.82) is 0 Å². The molecule has 1 fully saturated rings. The maximum Gasteiger partial charge on any atom is 0.407 e. The van der Waals surface area contributed by atoms with Crippen LogP contribution in [0.4, 0.5) is 14.9 Å². The third kappa shape index (κ3) is 3.75. The quantitative estimate of drug-likeness (QED) is 0.682. The van der Waals surface area contributed by atoms with Gasteiger partial charge in [-0.1, -0.05) is 17.7 Å². The molecule has 3 unspecified atom stereocenters. The Labute approximate surface area is 178 Å². The van der Waals surface area contributed by atoms with Gasteiger partial charge in [-0.3, -0.25) is 0 Å². The first-order valence-electron chi connectivity index (χ1n) is 9.62. The van der Waals surface area contributed by atoms with E-state index in [2.05, 4.69) is 10.3 Å². The number of benzene rings is 2. The van der Waals surface area contributed by atoms with Crippen LogP contribution in [0.15, 0.2) is 47.5 Å². The number of hydrogen-bond acceptors (Lipinski definition) is 5. The van der Waals surface area contributed by atoms with E-state index in [1.807, 2.05) is 6.92 Å². The van der Waals surface area contributed by atoms with E-state index in [1.54, 1.807) is 36.4 Å². The third-order valence-electron chi connectivity index (χ3n) is 5.61. The zero-order valence-corrected chi connectivity index (χ0v) is 17.1. The second-order valence-electron chi connectivity index (χ2n) is 7.59. The van der Waals surface area contributed by atoms with E-state index in [0.29, 0.717) is 29.3 Å². The largest absolute Gasteiger partial charge is 0.489 e. The topological polar surface area (TPSA) is 100 Å². The number of anilines is 1. The summed E-state index contributed by atoms with van der Waals surface area (Å²) in [5, 5.41) is 13.6. The second-order valence-corrected chi connectivity index (χ2v) is 8.03. The highest BCUT2D eigenvalue weighted by molar-refractivity contribution is 6.30. The van der Waals surface area contributed by atoms with Gasteiger partial charge in [-0.25, -0.2) is 14.2 Å². The number of nitrogens with zero attached hydrogens (tertiary/aromatic N) is 2. The van der Waals surface area contributed by atoms with E-state index in [0.717, 1.165) is 0 Å². The molecule has 4 N–H and O–H groups in total. The fraction of sp³-hybridized carbons (Fsp3) is 0.333. The summed E-state index contributed by atoms with van der Waals surface area (Å²) in [5.74, 6) is 0.245. The van der Waals surface area contributed by atoms with Gasteiger partial charge in [-0.05, 0) is 43.3 Å². The predicted octanol–water partition coefficient (Wildman–Crippen LogP) is 3.92. The number of likely N-dealkylation sites (tertiary alicyclic amines) is 1. The van der Waals surface area contributed by atoms with Crippen LogP contribution in [0, 0.1) is 5.82 Å². The molecule has 2 aliphatic rings. The van der Waals surface area contributed by atoms with Gasteiger partial charge in [0.2, 0.25) is 0 Å². The van der Waals surface area contributed by atoms with Gasteiger partial charge in [0.25, 0.3) is 0 Å². The minimum absolute atomic E-state index is 0.107. The van der Waals surface area contributed by atoms with Crippen LogP contribution in [-0.4, -0.2) is 46.3 Å². The summed E-state index contributed by atoms with van der Waals surface area (Å²) in [7, 11) is 0. The lowest BCUT2D eigenvalue weighted by Gasteiger charge is -2.47. The molecule has 2 aliphatic heterocycles. The molecule has 1 amide bonds. The number of nitrogens with one attached hydrogen (secondary N) is 1. The van der Waals surface area contributed by atoms with Gasteiger partial charge in [-0.15, -0.1) is 0 Å². The number of amides is 1. The minimum Gasteiger partial charge on any atom is -0.489 e. The molecule has 0 bridgehead atoms. The number of nitrogens with two attached hydrogens (primary N) is 1. The molecular weight excluding hydrogens is 411 g/mol. The maximum atomic E-state index is 14.2. The summed E-state index contributed by atoms with van der Waals surface area (Å²) < 4.78 is 20.2. The lowest BCUT2D eigenvalue weighted by molar-refractivity contribution is 0.0314. The summed E-state index contributed by atoms with van der Waals surface area (Å²) in [6.45, 7) is 2.06. The van der Waals surface area contributed by atoms with E-state index < -0.39 is 29.7 Å². The van der Waals surface area contributed by atoms with E-state index in [4.69, 9.17) is 22.1 Å².